The molecule has 2 heterocycles. The van der Waals surface area contributed by atoms with E-state index in [1.165, 1.54) is 23.3 Å². The van der Waals surface area contributed by atoms with Gasteiger partial charge < -0.3 is 15.0 Å². The number of carbonyl (C=O) groups is 2. The van der Waals surface area contributed by atoms with Crippen molar-refractivity contribution in [2.75, 3.05) is 23.9 Å². The number of hydrogen-bond donors (Lipinski definition) is 1. The Bertz CT molecular complexity index is 1190. The first kappa shape index (κ1) is 21.5. The van der Waals surface area contributed by atoms with Crippen LogP contribution in [0.25, 0.3) is 0 Å². The first-order valence-electron chi connectivity index (χ1n) is 9.30. The lowest BCUT2D eigenvalue weighted by atomic mass is 10.2. The summed E-state index contributed by atoms with van der Waals surface area (Å²) in [5, 5.41) is 3.25. The summed E-state index contributed by atoms with van der Waals surface area (Å²) >= 11 is 11.0. The molecule has 0 spiro atoms. The van der Waals surface area contributed by atoms with Crippen molar-refractivity contribution in [2.45, 2.75) is 6.42 Å². The maximum atomic E-state index is 13.1. The number of nitrogens with zero attached hydrogens (tertiary/aromatic N) is 2. The molecule has 0 bridgehead atoms. The Kier molecular flexibility index (Phi) is 6.41. The molecule has 158 valence electrons. The highest BCUT2D eigenvalue weighted by Gasteiger charge is 2.27. The smallest absolute Gasteiger partial charge is 0.244 e. The molecule has 0 unspecified atom stereocenters. The van der Waals surface area contributed by atoms with Crippen LogP contribution in [0.2, 0.25) is 5.02 Å². The third-order valence-electron chi connectivity index (χ3n) is 4.64. The zero-order valence-corrected chi connectivity index (χ0v) is 19.6. The van der Waals surface area contributed by atoms with Crippen molar-refractivity contribution >= 4 is 73.5 Å². The minimum absolute atomic E-state index is 0.0927. The van der Waals surface area contributed by atoms with E-state index in [0.717, 1.165) is 8.66 Å². The summed E-state index contributed by atoms with van der Waals surface area (Å²) in [5.74, 6) is -0.0956. The lowest BCUT2D eigenvalue weighted by Gasteiger charge is -2.22. The highest BCUT2D eigenvalue weighted by molar-refractivity contribution is 9.11. The van der Waals surface area contributed by atoms with Crippen LogP contribution < -0.4 is 15.0 Å². The molecule has 0 radical (unpaired) electrons. The van der Waals surface area contributed by atoms with Gasteiger partial charge in [0.2, 0.25) is 11.8 Å². The van der Waals surface area contributed by atoms with Crippen LogP contribution in [0, 0.1) is 0 Å². The molecule has 1 aromatic heterocycles. The lowest BCUT2D eigenvalue weighted by molar-refractivity contribution is -0.120. The second-order valence-electron chi connectivity index (χ2n) is 6.70. The standard InChI is InChI=1S/C22H17BrClN3O3S/c1-30-18-7-6-13(24)10-15(18)26-21(28)12-27-17-5-3-2-4-14(17)25-16(11-22(27)29)19-8-9-20(23)31-19/h2-10H,11-12H2,1H3,(H,26,28). The van der Waals surface area contributed by atoms with Crippen LogP contribution in [0.3, 0.4) is 0 Å². The number of fused-ring (bicyclic) bond motifs is 1. The van der Waals surface area contributed by atoms with E-state index in [9.17, 15) is 9.59 Å². The van der Waals surface area contributed by atoms with Crippen molar-refractivity contribution in [2.24, 2.45) is 4.99 Å². The van der Waals surface area contributed by atoms with Crippen LogP contribution in [0.15, 0.2) is 63.4 Å². The quantitative estimate of drug-likeness (QED) is 0.473. The average molecular weight is 519 g/mol. The van der Waals surface area contributed by atoms with Crippen LogP contribution in [-0.2, 0) is 9.59 Å². The fourth-order valence-electron chi connectivity index (χ4n) is 3.24. The highest BCUT2D eigenvalue weighted by Crippen LogP contribution is 2.35. The summed E-state index contributed by atoms with van der Waals surface area (Å²) in [4.78, 5) is 33.1. The Morgan fingerprint density at radius 2 is 2.06 bits per heavy atom. The van der Waals surface area contributed by atoms with Crippen molar-refractivity contribution in [1.29, 1.82) is 0 Å². The molecule has 2 aromatic carbocycles. The molecular formula is C22H17BrClN3O3S. The first-order valence-corrected chi connectivity index (χ1v) is 11.3. The molecule has 9 heteroatoms. The van der Waals surface area contributed by atoms with Gasteiger partial charge in [0.25, 0.3) is 0 Å². The Labute approximate surface area is 196 Å². The number of ether oxygens (including phenoxy) is 1. The fraction of sp³-hybridized carbons (Fsp3) is 0.136. The van der Waals surface area contributed by atoms with Crippen molar-refractivity contribution in [3.63, 3.8) is 0 Å². The van der Waals surface area contributed by atoms with E-state index >= 15 is 0 Å². The van der Waals surface area contributed by atoms with Gasteiger partial charge in [0.15, 0.2) is 0 Å². The number of anilines is 2. The molecule has 0 saturated heterocycles. The molecule has 1 N–H and O–H groups in total. The summed E-state index contributed by atoms with van der Waals surface area (Å²) in [6.45, 7) is -0.164. The number of nitrogens with one attached hydrogen (secondary N) is 1. The Morgan fingerprint density at radius 1 is 1.26 bits per heavy atom. The maximum absolute atomic E-state index is 13.1. The number of halogens is 2. The third-order valence-corrected chi connectivity index (χ3v) is 6.55. The van der Waals surface area contributed by atoms with Crippen molar-refractivity contribution in [3.05, 3.63) is 68.3 Å². The van der Waals surface area contributed by atoms with Gasteiger partial charge in [0, 0.05) is 5.02 Å². The number of benzene rings is 2. The number of rotatable bonds is 5. The number of hydrogen-bond acceptors (Lipinski definition) is 5. The van der Waals surface area contributed by atoms with E-state index in [4.69, 9.17) is 21.3 Å². The molecule has 1 aliphatic heterocycles. The van der Waals surface area contributed by atoms with E-state index in [0.29, 0.717) is 33.5 Å². The van der Waals surface area contributed by atoms with E-state index in [-0.39, 0.29) is 24.8 Å². The molecule has 31 heavy (non-hydrogen) atoms. The minimum atomic E-state index is -0.369. The molecule has 3 aromatic rings. The van der Waals surface area contributed by atoms with Crippen LogP contribution in [0.5, 0.6) is 5.75 Å². The van der Waals surface area contributed by atoms with Crippen molar-refractivity contribution in [1.82, 2.24) is 0 Å². The summed E-state index contributed by atoms with van der Waals surface area (Å²) in [6.07, 6.45) is 0.0927. The second-order valence-corrected chi connectivity index (χ2v) is 9.60. The Balaban J connectivity index is 1.61. The molecule has 6 nitrogen and oxygen atoms in total. The van der Waals surface area contributed by atoms with E-state index in [1.54, 1.807) is 24.3 Å². The van der Waals surface area contributed by atoms with Crippen LogP contribution >= 0.6 is 38.9 Å². The van der Waals surface area contributed by atoms with Gasteiger partial charge in [-0.15, -0.1) is 11.3 Å². The van der Waals surface area contributed by atoms with Gasteiger partial charge in [-0.3, -0.25) is 9.59 Å². The maximum Gasteiger partial charge on any atom is 0.244 e. The first-order chi connectivity index (χ1) is 14.9. The monoisotopic (exact) mass is 517 g/mol. The molecule has 0 fully saturated rings. The van der Waals surface area contributed by atoms with E-state index in [1.807, 2.05) is 30.3 Å². The summed E-state index contributed by atoms with van der Waals surface area (Å²) < 4.78 is 6.24. The summed E-state index contributed by atoms with van der Waals surface area (Å²) in [6, 6.07) is 16.1. The molecule has 4 rings (SSSR count). The van der Waals surface area contributed by atoms with Gasteiger partial charge in [-0.1, -0.05) is 23.7 Å². The highest BCUT2D eigenvalue weighted by atomic mass is 79.9. The SMILES string of the molecule is COc1ccc(Cl)cc1NC(=O)CN1C(=O)CC(c2ccc(Br)s2)=Nc2ccccc21. The number of amides is 2. The van der Waals surface area contributed by atoms with Gasteiger partial charge in [-0.25, -0.2) is 4.99 Å². The number of thiophene rings is 1. The van der Waals surface area contributed by atoms with Crippen LogP contribution in [0.4, 0.5) is 17.1 Å². The molecule has 2 amide bonds. The van der Waals surface area contributed by atoms with E-state index < -0.39 is 0 Å². The van der Waals surface area contributed by atoms with Crippen LogP contribution in [-0.4, -0.2) is 31.2 Å². The molecule has 0 saturated carbocycles. The lowest BCUT2D eigenvalue weighted by Crippen LogP contribution is -2.38. The average Bonchev–Trinajstić information content (AvgIpc) is 3.13. The summed E-state index contributed by atoms with van der Waals surface area (Å²) in [7, 11) is 1.51. The number of para-hydroxylation sites is 2. The zero-order chi connectivity index (χ0) is 22.0. The van der Waals surface area contributed by atoms with Gasteiger partial charge in [-0.05, 0) is 58.4 Å². The largest absolute Gasteiger partial charge is 0.495 e. The predicted octanol–water partition coefficient (Wildman–Crippen LogP) is 5.67. The minimum Gasteiger partial charge on any atom is -0.495 e. The Morgan fingerprint density at radius 3 is 2.81 bits per heavy atom. The molecule has 0 atom stereocenters. The van der Waals surface area contributed by atoms with Gasteiger partial charge >= 0.3 is 0 Å². The predicted molar refractivity (Wildman–Crippen MR) is 128 cm³/mol. The number of carbonyl (C=O) groups excluding carboxylic acids is 2. The van der Waals surface area contributed by atoms with Crippen molar-refractivity contribution < 1.29 is 14.3 Å². The number of methoxy groups -OCH3 is 1. The van der Waals surface area contributed by atoms with Gasteiger partial charge in [0.05, 0.1) is 45.0 Å². The van der Waals surface area contributed by atoms with Gasteiger partial charge in [-0.2, -0.15) is 0 Å². The van der Waals surface area contributed by atoms with Gasteiger partial charge in [0.1, 0.15) is 12.3 Å². The second kappa shape index (κ2) is 9.21. The number of aliphatic imine (C=N–C) groups is 1. The molecule has 1 aliphatic rings. The van der Waals surface area contributed by atoms with Crippen molar-refractivity contribution in [3.8, 4) is 5.75 Å². The normalized spacial score (nSPS) is 13.3. The topological polar surface area (TPSA) is 71.0 Å². The fourth-order valence-corrected chi connectivity index (χ4v) is 4.79. The molecule has 0 aliphatic carbocycles. The molecular weight excluding hydrogens is 502 g/mol. The zero-order valence-electron chi connectivity index (χ0n) is 16.4. The van der Waals surface area contributed by atoms with Crippen LogP contribution in [0.1, 0.15) is 11.3 Å². The van der Waals surface area contributed by atoms with E-state index in [2.05, 4.69) is 21.2 Å². The third kappa shape index (κ3) is 4.81. The Hall–Kier alpha value is -2.68. The summed E-state index contributed by atoms with van der Waals surface area (Å²) in [5.41, 5.74) is 2.34.